The Hall–Kier alpha value is -4.21. The van der Waals surface area contributed by atoms with Crippen LogP contribution < -0.4 is 15.4 Å². The fourth-order valence-electron chi connectivity index (χ4n) is 8.11. The Bertz CT molecular complexity index is 1730. The van der Waals surface area contributed by atoms with Gasteiger partial charge in [0.25, 0.3) is 5.91 Å². The molecule has 0 radical (unpaired) electrons. The van der Waals surface area contributed by atoms with E-state index in [-0.39, 0.29) is 32.0 Å². The summed E-state index contributed by atoms with van der Waals surface area (Å²) in [5.74, 6) is -3.13. The Kier molecular flexibility index (Phi) is 9.48. The SMILES string of the molecule is C=C[C@@H]1CC1(NC(=O)[C@@H]1C[C@@H](OC(=O)N2Cc3cccc(F)c3C2)C2CCCCC(NC(=O)OC3CCCC3)C(=O)N21)C(=O)NS(=O)(=O)C1CC1. The number of benzene rings is 1. The summed E-state index contributed by atoms with van der Waals surface area (Å²) in [6, 6.07) is 1.63. The van der Waals surface area contributed by atoms with Crippen LogP contribution in [-0.2, 0) is 47.0 Å². The van der Waals surface area contributed by atoms with Crippen molar-refractivity contribution in [3.8, 4) is 0 Å². The Morgan fingerprint density at radius 3 is 2.39 bits per heavy atom. The van der Waals surface area contributed by atoms with Crippen LogP contribution in [0.3, 0.4) is 0 Å². The maximum Gasteiger partial charge on any atom is 0.410 e. The van der Waals surface area contributed by atoms with Gasteiger partial charge < -0.3 is 25.0 Å². The second kappa shape index (κ2) is 13.7. The van der Waals surface area contributed by atoms with E-state index in [2.05, 4.69) is 21.9 Å². The number of hydrogen-bond donors (Lipinski definition) is 3. The standard InChI is InChI=1S/C35H44FN5O9S/c1-2-21-17-35(21,32(44)39-51(47,48)23-14-15-23)38-30(42)28-16-29(50-34(46)40-18-20-8-7-11-25(36)24(20)19-40)27-13-6-5-12-26(31(43)41(27)28)37-33(45)49-22-9-3-4-10-22/h2,7-8,11,21-23,26-29H,1,3-6,9-10,12-19H2,(H,37,45)(H,38,42)(H,39,44)/t21-,26?,27?,28+,29-,35?/m1/s1. The van der Waals surface area contributed by atoms with Gasteiger partial charge in [-0.2, -0.15) is 0 Å². The van der Waals surface area contributed by atoms with Crippen LogP contribution >= 0.6 is 0 Å². The first-order valence-corrected chi connectivity index (χ1v) is 19.5. The molecule has 2 saturated heterocycles. The van der Waals surface area contributed by atoms with Gasteiger partial charge in [-0.3, -0.25) is 24.0 Å². The van der Waals surface area contributed by atoms with Gasteiger partial charge in [0.1, 0.15) is 35.6 Å². The maximum atomic E-state index is 14.5. The van der Waals surface area contributed by atoms with Crippen LogP contribution in [0, 0.1) is 11.7 Å². The summed E-state index contributed by atoms with van der Waals surface area (Å²) >= 11 is 0. The predicted molar refractivity (Wildman–Crippen MR) is 178 cm³/mol. The molecule has 5 fully saturated rings. The second-order valence-electron chi connectivity index (χ2n) is 14.7. The third kappa shape index (κ3) is 7.03. The van der Waals surface area contributed by atoms with Crippen molar-refractivity contribution in [1.82, 2.24) is 25.2 Å². The van der Waals surface area contributed by atoms with Gasteiger partial charge in [-0.1, -0.05) is 31.1 Å². The van der Waals surface area contributed by atoms with Crippen molar-refractivity contribution in [3.63, 3.8) is 0 Å². The lowest BCUT2D eigenvalue weighted by molar-refractivity contribution is -0.144. The molecule has 3 saturated carbocycles. The summed E-state index contributed by atoms with van der Waals surface area (Å²) < 4.78 is 53.5. The number of sulfonamides is 1. The predicted octanol–water partition coefficient (Wildman–Crippen LogP) is 2.90. The Labute approximate surface area is 295 Å². The van der Waals surface area contributed by atoms with E-state index in [9.17, 15) is 36.8 Å². The Balaban J connectivity index is 1.12. The molecule has 3 aliphatic heterocycles. The summed E-state index contributed by atoms with van der Waals surface area (Å²) in [5.41, 5.74) is -0.539. The largest absolute Gasteiger partial charge is 0.446 e. The zero-order valence-electron chi connectivity index (χ0n) is 28.3. The third-order valence-electron chi connectivity index (χ3n) is 11.2. The fourth-order valence-corrected chi connectivity index (χ4v) is 9.47. The van der Waals surface area contributed by atoms with Gasteiger partial charge in [0.2, 0.25) is 21.8 Å². The molecule has 1 aromatic carbocycles. The highest BCUT2D eigenvalue weighted by Gasteiger charge is 2.62. The van der Waals surface area contributed by atoms with E-state index < -0.39 is 86.7 Å². The van der Waals surface area contributed by atoms with Gasteiger partial charge in [-0.05, 0) is 69.4 Å². The van der Waals surface area contributed by atoms with Crippen LogP contribution in [0.5, 0.6) is 0 Å². The normalized spacial score (nSPS) is 30.4. The molecular weight excluding hydrogens is 685 g/mol. The van der Waals surface area contributed by atoms with Crippen LogP contribution in [-0.4, -0.2) is 89.2 Å². The van der Waals surface area contributed by atoms with Crippen molar-refractivity contribution in [2.75, 3.05) is 0 Å². The highest BCUT2D eigenvalue weighted by molar-refractivity contribution is 7.91. The topological polar surface area (TPSA) is 181 Å². The molecule has 1 aromatic rings. The zero-order valence-corrected chi connectivity index (χ0v) is 29.1. The molecule has 0 aromatic heterocycles. The van der Waals surface area contributed by atoms with Gasteiger partial charge in [0.15, 0.2) is 0 Å². The molecule has 51 heavy (non-hydrogen) atoms. The molecule has 6 atom stereocenters. The highest BCUT2D eigenvalue weighted by Crippen LogP contribution is 2.46. The number of ether oxygens (including phenoxy) is 2. The minimum Gasteiger partial charge on any atom is -0.446 e. The summed E-state index contributed by atoms with van der Waals surface area (Å²) in [4.78, 5) is 71.2. The van der Waals surface area contributed by atoms with Crippen LogP contribution in [0.4, 0.5) is 14.0 Å². The molecule has 3 unspecified atom stereocenters. The molecular formula is C35H44FN5O9S. The molecule has 7 rings (SSSR count). The molecule has 3 N–H and O–H groups in total. The second-order valence-corrected chi connectivity index (χ2v) is 16.7. The van der Waals surface area contributed by atoms with Gasteiger partial charge in [-0.25, -0.2) is 22.4 Å². The molecule has 16 heteroatoms. The van der Waals surface area contributed by atoms with E-state index in [4.69, 9.17) is 9.47 Å². The van der Waals surface area contributed by atoms with Crippen molar-refractivity contribution in [1.29, 1.82) is 0 Å². The Morgan fingerprint density at radius 1 is 0.980 bits per heavy atom. The molecule has 0 bridgehead atoms. The van der Waals surface area contributed by atoms with Crippen LogP contribution in [0.2, 0.25) is 0 Å². The van der Waals surface area contributed by atoms with Crippen molar-refractivity contribution in [2.24, 2.45) is 5.92 Å². The van der Waals surface area contributed by atoms with Crippen LogP contribution in [0.1, 0.15) is 88.2 Å². The van der Waals surface area contributed by atoms with Gasteiger partial charge in [0.05, 0.1) is 17.8 Å². The number of carbonyl (C=O) groups excluding carboxylic acids is 5. The summed E-state index contributed by atoms with van der Waals surface area (Å²) in [6.07, 6.45) is 4.96. The first-order valence-electron chi connectivity index (χ1n) is 17.9. The number of hydrogen-bond acceptors (Lipinski definition) is 9. The quantitative estimate of drug-likeness (QED) is 0.322. The fraction of sp³-hybridized carbons (Fsp3) is 0.629. The number of alkyl carbamates (subject to hydrolysis) is 1. The summed E-state index contributed by atoms with van der Waals surface area (Å²) in [5, 5.41) is 4.79. The average Bonchev–Trinajstić information content (AvgIpc) is 3.91. The maximum absolute atomic E-state index is 14.5. The molecule has 3 aliphatic carbocycles. The van der Waals surface area contributed by atoms with Crippen LogP contribution in [0.15, 0.2) is 30.9 Å². The van der Waals surface area contributed by atoms with Crippen molar-refractivity contribution < 1.29 is 46.3 Å². The number of halogens is 1. The lowest BCUT2D eigenvalue weighted by Crippen LogP contribution is -2.60. The van der Waals surface area contributed by atoms with E-state index >= 15 is 0 Å². The van der Waals surface area contributed by atoms with E-state index in [0.29, 0.717) is 49.7 Å². The zero-order chi connectivity index (χ0) is 36.1. The number of amides is 5. The Morgan fingerprint density at radius 2 is 1.71 bits per heavy atom. The highest BCUT2D eigenvalue weighted by atomic mass is 32.2. The molecule has 0 spiro atoms. The smallest absolute Gasteiger partial charge is 0.410 e. The lowest BCUT2D eigenvalue weighted by atomic mass is 9.98. The van der Waals surface area contributed by atoms with E-state index in [0.717, 1.165) is 25.7 Å². The number of nitrogens with one attached hydrogen (secondary N) is 3. The third-order valence-corrected chi connectivity index (χ3v) is 13.0. The van der Waals surface area contributed by atoms with Crippen molar-refractivity contribution >= 4 is 39.9 Å². The van der Waals surface area contributed by atoms with Crippen molar-refractivity contribution in [2.45, 2.75) is 131 Å². The van der Waals surface area contributed by atoms with Gasteiger partial charge in [-0.15, -0.1) is 6.58 Å². The van der Waals surface area contributed by atoms with E-state index in [1.54, 1.807) is 12.1 Å². The minimum absolute atomic E-state index is 0.00419. The molecule has 5 amide bonds. The first-order chi connectivity index (χ1) is 24.4. The monoisotopic (exact) mass is 729 g/mol. The first kappa shape index (κ1) is 35.2. The van der Waals surface area contributed by atoms with Gasteiger partial charge >= 0.3 is 12.2 Å². The summed E-state index contributed by atoms with van der Waals surface area (Å²) in [7, 11) is -3.92. The summed E-state index contributed by atoms with van der Waals surface area (Å²) in [6.45, 7) is 3.88. The van der Waals surface area contributed by atoms with E-state index in [1.807, 2.05) is 0 Å². The number of carbonyl (C=O) groups is 5. The van der Waals surface area contributed by atoms with E-state index in [1.165, 1.54) is 21.9 Å². The van der Waals surface area contributed by atoms with Crippen molar-refractivity contribution in [3.05, 3.63) is 47.8 Å². The average molecular weight is 730 g/mol. The number of fused-ring (bicyclic) bond motifs is 2. The molecule has 276 valence electrons. The van der Waals surface area contributed by atoms with Crippen LogP contribution in [0.25, 0.3) is 0 Å². The number of nitrogens with zero attached hydrogens (tertiary/aromatic N) is 2. The molecule has 3 heterocycles. The minimum atomic E-state index is -3.92. The molecule has 6 aliphatic rings. The lowest BCUT2D eigenvalue weighted by Gasteiger charge is -2.36. The molecule has 14 nitrogen and oxygen atoms in total. The number of rotatable bonds is 9. The van der Waals surface area contributed by atoms with Gasteiger partial charge in [0, 0.05) is 24.4 Å².